The molecule has 0 radical (unpaired) electrons. The number of aryl methyl sites for hydroxylation is 1. The topological polar surface area (TPSA) is 65.8 Å². The predicted octanol–water partition coefficient (Wildman–Crippen LogP) is 3.02. The number of carbonyl (C=O) groups is 1. The van der Waals surface area contributed by atoms with E-state index in [9.17, 15) is 9.18 Å². The highest BCUT2D eigenvalue weighted by molar-refractivity contribution is 5.96. The van der Waals surface area contributed by atoms with Crippen LogP contribution in [0.3, 0.4) is 0 Å². The van der Waals surface area contributed by atoms with Gasteiger partial charge in [0.15, 0.2) is 5.78 Å². The first kappa shape index (κ1) is 11.2. The number of ketones is 1. The van der Waals surface area contributed by atoms with Crippen molar-refractivity contribution >= 4 is 5.78 Å². The van der Waals surface area contributed by atoms with Crippen LogP contribution in [0, 0.1) is 12.7 Å². The average Bonchev–Trinajstić information content (AvgIpc) is 2.22. The minimum atomic E-state index is -0.332. The van der Waals surface area contributed by atoms with Crippen LogP contribution in [0.4, 0.5) is 4.39 Å². The number of hydrogen-bond donors (Lipinski definition) is 0. The van der Waals surface area contributed by atoms with Gasteiger partial charge < -0.3 is 0 Å². The molecule has 0 bridgehead atoms. The number of carbonyl (C=O) groups excluding carboxylic acids is 1. The fraction of sp³-hybridized carbons (Fsp3) is 0.300. The van der Waals surface area contributed by atoms with Gasteiger partial charge >= 0.3 is 0 Å². The second-order valence-corrected chi connectivity index (χ2v) is 3.09. The first-order chi connectivity index (χ1) is 7.15. The number of benzene rings is 1. The van der Waals surface area contributed by atoms with Crippen molar-refractivity contribution in [3.63, 3.8) is 0 Å². The van der Waals surface area contributed by atoms with Gasteiger partial charge in [0.2, 0.25) is 0 Å². The Labute approximate surface area is 86.4 Å². The zero-order valence-corrected chi connectivity index (χ0v) is 8.27. The molecule has 5 heteroatoms. The normalized spacial score (nSPS) is 9.47. The van der Waals surface area contributed by atoms with Gasteiger partial charge in [-0.15, -0.1) is 0 Å². The lowest BCUT2D eigenvalue weighted by molar-refractivity contribution is 0.0985. The monoisotopic (exact) mass is 207 g/mol. The van der Waals surface area contributed by atoms with E-state index in [0.717, 1.165) is 0 Å². The summed E-state index contributed by atoms with van der Waals surface area (Å²) >= 11 is 0. The van der Waals surface area contributed by atoms with Crippen LogP contribution in [-0.2, 0) is 0 Å². The maximum absolute atomic E-state index is 12.9. The molecule has 0 spiro atoms. The maximum Gasteiger partial charge on any atom is 0.163 e. The van der Waals surface area contributed by atoms with E-state index in [-0.39, 0.29) is 24.6 Å². The maximum atomic E-state index is 12.9. The summed E-state index contributed by atoms with van der Waals surface area (Å²) in [6, 6.07) is 4.19. The fourth-order valence-electron chi connectivity index (χ4n) is 1.16. The molecule has 0 atom stereocenters. The highest BCUT2D eigenvalue weighted by Gasteiger charge is 2.06. The van der Waals surface area contributed by atoms with E-state index in [1.54, 1.807) is 6.92 Å². The highest BCUT2D eigenvalue weighted by Crippen LogP contribution is 2.11. The van der Waals surface area contributed by atoms with E-state index in [2.05, 4.69) is 10.0 Å². The Bertz CT molecular complexity index is 425. The third-order valence-corrected chi connectivity index (χ3v) is 1.98. The van der Waals surface area contributed by atoms with Gasteiger partial charge in [-0.3, -0.25) is 4.79 Å². The predicted molar refractivity (Wildman–Crippen MR) is 54.1 cm³/mol. The molecule has 1 aromatic carbocycles. The van der Waals surface area contributed by atoms with Crippen molar-refractivity contribution in [2.45, 2.75) is 13.3 Å². The van der Waals surface area contributed by atoms with Gasteiger partial charge in [0.05, 0.1) is 0 Å². The van der Waals surface area contributed by atoms with E-state index < -0.39 is 0 Å². The molecule has 0 aliphatic heterocycles. The van der Waals surface area contributed by atoms with Crippen molar-refractivity contribution in [2.24, 2.45) is 5.11 Å². The SMILES string of the molecule is Cc1cc(C(=O)CCN=[N+]=[N-])ccc1F. The molecule has 1 aromatic rings. The van der Waals surface area contributed by atoms with Gasteiger partial charge in [0.25, 0.3) is 0 Å². The van der Waals surface area contributed by atoms with Gasteiger partial charge in [0.1, 0.15) is 5.82 Å². The van der Waals surface area contributed by atoms with Crippen LogP contribution in [0.1, 0.15) is 22.3 Å². The van der Waals surface area contributed by atoms with Crippen LogP contribution >= 0.6 is 0 Å². The van der Waals surface area contributed by atoms with E-state index in [4.69, 9.17) is 5.53 Å². The van der Waals surface area contributed by atoms with Gasteiger partial charge in [-0.1, -0.05) is 5.11 Å². The Morgan fingerprint density at radius 2 is 2.33 bits per heavy atom. The number of Topliss-reactive ketones (excluding diaryl/α,β-unsaturated/α-hetero) is 1. The summed E-state index contributed by atoms with van der Waals surface area (Å²) in [4.78, 5) is 14.0. The summed E-state index contributed by atoms with van der Waals surface area (Å²) in [5.41, 5.74) is 8.91. The van der Waals surface area contributed by atoms with E-state index in [0.29, 0.717) is 11.1 Å². The number of azide groups is 1. The van der Waals surface area contributed by atoms with E-state index in [1.165, 1.54) is 18.2 Å². The number of hydrogen-bond acceptors (Lipinski definition) is 2. The molecule has 0 saturated carbocycles. The summed E-state index contributed by atoms with van der Waals surface area (Å²) in [6.45, 7) is 1.73. The minimum absolute atomic E-state index is 0.131. The zero-order valence-electron chi connectivity index (χ0n) is 8.27. The molecule has 0 fully saturated rings. The smallest absolute Gasteiger partial charge is 0.163 e. The largest absolute Gasteiger partial charge is 0.294 e. The van der Waals surface area contributed by atoms with Gasteiger partial charge in [-0.05, 0) is 36.2 Å². The Morgan fingerprint density at radius 1 is 1.60 bits per heavy atom. The summed E-state index contributed by atoms with van der Waals surface area (Å²) in [5, 5.41) is 3.26. The van der Waals surface area contributed by atoms with Crippen molar-refractivity contribution < 1.29 is 9.18 Å². The Hall–Kier alpha value is -1.87. The summed E-state index contributed by atoms with van der Waals surface area (Å²) < 4.78 is 12.9. The van der Waals surface area contributed by atoms with Crippen LogP contribution in [0.25, 0.3) is 10.4 Å². The molecule has 0 heterocycles. The number of rotatable bonds is 4. The molecule has 0 saturated heterocycles. The molecule has 0 aliphatic carbocycles. The lowest BCUT2D eigenvalue weighted by Gasteiger charge is -2.01. The first-order valence-electron chi connectivity index (χ1n) is 4.45. The third kappa shape index (κ3) is 3.07. The molecule has 0 aliphatic rings. The van der Waals surface area contributed by atoms with Crippen molar-refractivity contribution in [1.82, 2.24) is 0 Å². The quantitative estimate of drug-likeness (QED) is 0.324. The zero-order chi connectivity index (χ0) is 11.3. The molecular formula is C10H10FN3O. The fourth-order valence-corrected chi connectivity index (χ4v) is 1.16. The Kier molecular flexibility index (Phi) is 3.83. The van der Waals surface area contributed by atoms with Crippen LogP contribution in [-0.4, -0.2) is 12.3 Å². The molecule has 0 N–H and O–H groups in total. The van der Waals surface area contributed by atoms with Crippen molar-refractivity contribution in [3.05, 3.63) is 45.6 Å². The van der Waals surface area contributed by atoms with Crippen LogP contribution in [0.5, 0.6) is 0 Å². The van der Waals surface area contributed by atoms with E-state index >= 15 is 0 Å². The Morgan fingerprint density at radius 3 is 2.93 bits per heavy atom. The van der Waals surface area contributed by atoms with Crippen LogP contribution in [0.15, 0.2) is 23.3 Å². The van der Waals surface area contributed by atoms with E-state index in [1.807, 2.05) is 0 Å². The molecule has 0 unspecified atom stereocenters. The third-order valence-electron chi connectivity index (χ3n) is 1.98. The van der Waals surface area contributed by atoms with Crippen LogP contribution in [0.2, 0.25) is 0 Å². The average molecular weight is 207 g/mol. The lowest BCUT2D eigenvalue weighted by Crippen LogP contribution is -2.01. The minimum Gasteiger partial charge on any atom is -0.294 e. The Balaban J connectivity index is 2.74. The second kappa shape index (κ2) is 5.12. The highest BCUT2D eigenvalue weighted by atomic mass is 19.1. The molecular weight excluding hydrogens is 197 g/mol. The standard InChI is InChI=1S/C10H10FN3O/c1-7-6-8(2-3-9(7)11)10(15)4-5-13-14-12/h2-3,6H,4-5H2,1H3. The number of halogens is 1. The van der Waals surface area contributed by atoms with Crippen molar-refractivity contribution in [2.75, 3.05) is 6.54 Å². The number of nitrogens with zero attached hydrogens (tertiary/aromatic N) is 3. The molecule has 1 rings (SSSR count). The second-order valence-electron chi connectivity index (χ2n) is 3.09. The van der Waals surface area contributed by atoms with Crippen molar-refractivity contribution in [3.8, 4) is 0 Å². The van der Waals surface area contributed by atoms with Gasteiger partial charge in [0, 0.05) is 23.4 Å². The first-order valence-corrected chi connectivity index (χ1v) is 4.45. The van der Waals surface area contributed by atoms with Gasteiger partial charge in [-0.2, -0.15) is 0 Å². The van der Waals surface area contributed by atoms with Crippen LogP contribution < -0.4 is 0 Å². The lowest BCUT2D eigenvalue weighted by atomic mass is 10.1. The molecule has 78 valence electrons. The summed E-state index contributed by atoms with van der Waals surface area (Å²) in [5.74, 6) is -0.480. The summed E-state index contributed by atoms with van der Waals surface area (Å²) in [6.07, 6.45) is 0.148. The molecule has 0 amide bonds. The molecule has 15 heavy (non-hydrogen) atoms. The molecule has 0 aromatic heterocycles. The van der Waals surface area contributed by atoms with Gasteiger partial charge in [-0.25, -0.2) is 4.39 Å². The van der Waals surface area contributed by atoms with Crippen molar-refractivity contribution in [1.29, 1.82) is 0 Å². The molecule has 4 nitrogen and oxygen atoms in total. The summed E-state index contributed by atoms with van der Waals surface area (Å²) in [7, 11) is 0.